The Hall–Kier alpha value is -1.69. The van der Waals surface area contributed by atoms with Crippen LogP contribution in [-0.2, 0) is 15.8 Å². The molecule has 0 unspecified atom stereocenters. The summed E-state index contributed by atoms with van der Waals surface area (Å²) in [5.74, 6) is -0.0453. The van der Waals surface area contributed by atoms with Gasteiger partial charge in [-0.1, -0.05) is 60.7 Å². The molecule has 0 saturated heterocycles. The molecule has 0 bridgehead atoms. The molecule has 0 spiro atoms. The van der Waals surface area contributed by atoms with Gasteiger partial charge in [0.25, 0.3) is 0 Å². The highest BCUT2D eigenvalue weighted by Gasteiger charge is 2.19. The first kappa shape index (κ1) is 16.7. The lowest BCUT2D eigenvalue weighted by molar-refractivity contribution is 0.278. The first-order chi connectivity index (χ1) is 10.6. The number of sulfonamides is 1. The van der Waals surface area contributed by atoms with Crippen LogP contribution in [0.2, 0.25) is 0 Å². The van der Waals surface area contributed by atoms with Crippen molar-refractivity contribution in [3.63, 3.8) is 0 Å². The highest BCUT2D eigenvalue weighted by Crippen LogP contribution is 2.20. The van der Waals surface area contributed by atoms with E-state index in [2.05, 4.69) is 4.72 Å². The molecule has 0 heterocycles. The van der Waals surface area contributed by atoms with Gasteiger partial charge in [-0.15, -0.1) is 0 Å². The van der Waals surface area contributed by atoms with E-state index in [1.165, 1.54) is 0 Å². The van der Waals surface area contributed by atoms with Crippen LogP contribution in [0.15, 0.2) is 60.7 Å². The second-order valence-corrected chi connectivity index (χ2v) is 6.95. The fourth-order valence-electron chi connectivity index (χ4n) is 2.33. The zero-order chi connectivity index (χ0) is 15.8. The number of aliphatic hydroxyl groups excluding tert-OH is 1. The topological polar surface area (TPSA) is 66.4 Å². The van der Waals surface area contributed by atoms with Crippen molar-refractivity contribution in [2.75, 3.05) is 6.61 Å². The highest BCUT2D eigenvalue weighted by molar-refractivity contribution is 7.88. The van der Waals surface area contributed by atoms with E-state index in [9.17, 15) is 8.42 Å². The molecule has 4 nitrogen and oxygen atoms in total. The quantitative estimate of drug-likeness (QED) is 0.786. The lowest BCUT2D eigenvalue weighted by Crippen LogP contribution is -2.30. The van der Waals surface area contributed by atoms with Crippen molar-refractivity contribution >= 4 is 10.0 Å². The van der Waals surface area contributed by atoms with Crippen molar-refractivity contribution in [1.82, 2.24) is 4.72 Å². The van der Waals surface area contributed by atoms with E-state index in [4.69, 9.17) is 5.11 Å². The molecule has 0 fully saturated rings. The molecule has 0 aliphatic carbocycles. The zero-order valence-corrected chi connectivity index (χ0v) is 13.2. The second-order valence-electron chi connectivity index (χ2n) is 5.19. The zero-order valence-electron chi connectivity index (χ0n) is 12.4. The van der Waals surface area contributed by atoms with Gasteiger partial charge in [0.1, 0.15) is 0 Å². The van der Waals surface area contributed by atoms with Gasteiger partial charge in [0.15, 0.2) is 0 Å². The van der Waals surface area contributed by atoms with Gasteiger partial charge >= 0.3 is 0 Å². The monoisotopic (exact) mass is 319 g/mol. The molecule has 0 aliphatic rings. The third kappa shape index (κ3) is 5.26. The molecule has 5 heteroatoms. The van der Waals surface area contributed by atoms with Gasteiger partial charge < -0.3 is 5.11 Å². The lowest BCUT2D eigenvalue weighted by Gasteiger charge is -2.19. The van der Waals surface area contributed by atoms with Gasteiger partial charge in [-0.2, -0.15) is 0 Å². The maximum Gasteiger partial charge on any atom is 0.216 e. The molecule has 0 saturated carbocycles. The summed E-state index contributed by atoms with van der Waals surface area (Å²) in [4.78, 5) is 0. The molecule has 22 heavy (non-hydrogen) atoms. The average Bonchev–Trinajstić information content (AvgIpc) is 2.53. The summed E-state index contributed by atoms with van der Waals surface area (Å²) in [6.07, 6.45) is 1.11. The third-order valence-electron chi connectivity index (χ3n) is 3.37. The van der Waals surface area contributed by atoms with Crippen LogP contribution in [0.25, 0.3) is 0 Å². The Morgan fingerprint density at radius 2 is 1.55 bits per heavy atom. The molecular weight excluding hydrogens is 298 g/mol. The SMILES string of the molecule is O=S(=O)(Cc1ccccc1)N[C@H](CCCO)c1ccccc1. The number of rotatable bonds is 8. The van der Waals surface area contributed by atoms with Crippen molar-refractivity contribution in [1.29, 1.82) is 0 Å². The van der Waals surface area contributed by atoms with E-state index >= 15 is 0 Å². The Balaban J connectivity index is 2.12. The third-order valence-corrected chi connectivity index (χ3v) is 4.73. The standard InChI is InChI=1S/C17H21NO3S/c19-13-7-12-17(16-10-5-2-6-11-16)18-22(20,21)14-15-8-3-1-4-9-15/h1-6,8-11,17-19H,7,12-14H2/t17-/m1/s1. The molecule has 0 amide bonds. The number of hydrogen-bond acceptors (Lipinski definition) is 3. The molecule has 2 rings (SSSR count). The van der Waals surface area contributed by atoms with Crippen LogP contribution >= 0.6 is 0 Å². The molecule has 0 radical (unpaired) electrons. The van der Waals surface area contributed by atoms with E-state index in [-0.39, 0.29) is 18.4 Å². The van der Waals surface area contributed by atoms with E-state index in [1.54, 1.807) is 12.1 Å². The van der Waals surface area contributed by atoms with Gasteiger partial charge in [0.05, 0.1) is 5.75 Å². The summed E-state index contributed by atoms with van der Waals surface area (Å²) < 4.78 is 27.5. The van der Waals surface area contributed by atoms with Crippen molar-refractivity contribution in [2.45, 2.75) is 24.6 Å². The van der Waals surface area contributed by atoms with E-state index in [1.807, 2.05) is 48.5 Å². The fourth-order valence-corrected chi connectivity index (χ4v) is 3.73. The molecule has 2 N–H and O–H groups in total. The van der Waals surface area contributed by atoms with E-state index in [0.29, 0.717) is 12.8 Å². The van der Waals surface area contributed by atoms with Gasteiger partial charge in [-0.3, -0.25) is 0 Å². The highest BCUT2D eigenvalue weighted by atomic mass is 32.2. The number of nitrogens with one attached hydrogen (secondary N) is 1. The van der Waals surface area contributed by atoms with Gasteiger partial charge in [-0.25, -0.2) is 13.1 Å². The minimum atomic E-state index is -3.44. The number of benzene rings is 2. The van der Waals surface area contributed by atoms with Gasteiger partial charge in [0.2, 0.25) is 10.0 Å². The van der Waals surface area contributed by atoms with Crippen molar-refractivity contribution in [3.05, 3.63) is 71.8 Å². The van der Waals surface area contributed by atoms with Gasteiger partial charge in [-0.05, 0) is 24.0 Å². The number of aliphatic hydroxyl groups is 1. The number of hydrogen-bond donors (Lipinski definition) is 2. The Labute approximate surface area is 131 Å². The van der Waals surface area contributed by atoms with Crippen LogP contribution in [0.1, 0.15) is 30.0 Å². The molecule has 1 atom stereocenters. The second kappa shape index (κ2) is 8.08. The van der Waals surface area contributed by atoms with E-state index < -0.39 is 10.0 Å². The van der Waals surface area contributed by atoms with Crippen LogP contribution in [0.4, 0.5) is 0 Å². The molecule has 2 aromatic carbocycles. The van der Waals surface area contributed by atoms with Crippen molar-refractivity contribution in [3.8, 4) is 0 Å². The smallest absolute Gasteiger partial charge is 0.216 e. The van der Waals surface area contributed by atoms with Crippen LogP contribution < -0.4 is 4.72 Å². The molecule has 0 aliphatic heterocycles. The maximum atomic E-state index is 12.4. The summed E-state index contributed by atoms with van der Waals surface area (Å²) in [6, 6.07) is 18.2. The summed E-state index contributed by atoms with van der Waals surface area (Å²) >= 11 is 0. The Morgan fingerprint density at radius 1 is 0.955 bits per heavy atom. The Bertz CT molecular complexity index is 657. The minimum absolute atomic E-state index is 0.0453. The van der Waals surface area contributed by atoms with Crippen LogP contribution in [0.5, 0.6) is 0 Å². The first-order valence-corrected chi connectivity index (χ1v) is 8.96. The summed E-state index contributed by atoms with van der Waals surface area (Å²) in [7, 11) is -3.44. The van der Waals surface area contributed by atoms with E-state index in [0.717, 1.165) is 11.1 Å². The fraction of sp³-hybridized carbons (Fsp3) is 0.294. The Kier molecular flexibility index (Phi) is 6.12. The molecular formula is C17H21NO3S. The van der Waals surface area contributed by atoms with Crippen LogP contribution in [0.3, 0.4) is 0 Å². The van der Waals surface area contributed by atoms with Crippen LogP contribution in [-0.4, -0.2) is 20.1 Å². The minimum Gasteiger partial charge on any atom is -0.396 e. The summed E-state index contributed by atoms with van der Waals surface area (Å²) in [6.45, 7) is 0.0454. The summed E-state index contributed by atoms with van der Waals surface area (Å²) in [5.41, 5.74) is 1.66. The summed E-state index contributed by atoms with van der Waals surface area (Å²) in [5, 5.41) is 9.02. The van der Waals surface area contributed by atoms with Gasteiger partial charge in [0, 0.05) is 12.6 Å². The molecule has 0 aromatic heterocycles. The first-order valence-electron chi connectivity index (χ1n) is 7.30. The molecule has 118 valence electrons. The predicted molar refractivity (Wildman–Crippen MR) is 87.7 cm³/mol. The van der Waals surface area contributed by atoms with Crippen molar-refractivity contribution < 1.29 is 13.5 Å². The maximum absolute atomic E-state index is 12.4. The normalized spacial score (nSPS) is 13.0. The molecule has 2 aromatic rings. The predicted octanol–water partition coefficient (Wildman–Crippen LogP) is 2.62. The largest absolute Gasteiger partial charge is 0.396 e. The average molecular weight is 319 g/mol. The van der Waals surface area contributed by atoms with Crippen molar-refractivity contribution in [2.24, 2.45) is 0 Å². The Morgan fingerprint density at radius 3 is 2.14 bits per heavy atom. The lowest BCUT2D eigenvalue weighted by atomic mass is 10.0. The van der Waals surface area contributed by atoms with Crippen LogP contribution in [0, 0.1) is 0 Å².